The van der Waals surface area contributed by atoms with Crippen LogP contribution < -0.4 is 10.6 Å². The number of hydrogen-bond donors (Lipinski definition) is 2. The molecule has 34 heavy (non-hydrogen) atoms. The van der Waals surface area contributed by atoms with Crippen molar-refractivity contribution in [1.29, 1.82) is 5.26 Å². The molecule has 0 spiro atoms. The van der Waals surface area contributed by atoms with E-state index < -0.39 is 5.25 Å². The number of nitrogens with zero attached hydrogens (tertiary/aromatic N) is 1. The highest BCUT2D eigenvalue weighted by molar-refractivity contribution is 8.00. The lowest BCUT2D eigenvalue weighted by molar-refractivity contribution is -0.117. The summed E-state index contributed by atoms with van der Waals surface area (Å²) in [6.45, 7) is 0. The van der Waals surface area contributed by atoms with Crippen molar-refractivity contribution in [3.05, 3.63) is 76.2 Å². The molecule has 5 nitrogen and oxygen atoms in total. The minimum Gasteiger partial charge on any atom is -0.326 e. The van der Waals surface area contributed by atoms with Crippen molar-refractivity contribution in [3.8, 4) is 6.07 Å². The molecule has 2 aliphatic rings. The molecule has 2 N–H and O–H groups in total. The summed E-state index contributed by atoms with van der Waals surface area (Å²) in [5.74, 6) is 0.0361. The molecule has 1 aromatic heterocycles. The summed E-state index contributed by atoms with van der Waals surface area (Å²) in [5, 5.41) is 16.0. The molecule has 2 amide bonds. The van der Waals surface area contributed by atoms with E-state index in [0.717, 1.165) is 60.2 Å². The quantitative estimate of drug-likeness (QED) is 0.382. The number of hydrogen-bond acceptors (Lipinski definition) is 5. The normalized spacial score (nSPS) is 15.6. The van der Waals surface area contributed by atoms with Crippen LogP contribution in [0.25, 0.3) is 0 Å². The van der Waals surface area contributed by atoms with Crippen LogP contribution in [-0.2, 0) is 22.4 Å². The Balaban J connectivity index is 1.39. The molecule has 1 saturated carbocycles. The standard InChI is InChI=1S/C27H25N3O2S2/c28-16-22-21-11-4-5-12-23(21)34-27(22)30-26(32)24(17-7-2-1-3-8-17)33-20-10-6-9-19(15-20)29-25(31)18-13-14-18/h1-3,6-10,15,18,24H,4-5,11-14H2,(H,29,31)(H,30,32). The van der Waals surface area contributed by atoms with E-state index in [1.807, 2.05) is 54.6 Å². The fourth-order valence-corrected chi connectivity index (χ4v) is 6.55. The average Bonchev–Trinajstić information content (AvgIpc) is 3.65. The lowest BCUT2D eigenvalue weighted by Gasteiger charge is -2.17. The summed E-state index contributed by atoms with van der Waals surface area (Å²) < 4.78 is 0. The van der Waals surface area contributed by atoms with Crippen LogP contribution in [0.15, 0.2) is 59.5 Å². The van der Waals surface area contributed by atoms with Gasteiger partial charge in [-0.25, -0.2) is 0 Å². The van der Waals surface area contributed by atoms with Crippen molar-refractivity contribution >= 4 is 45.6 Å². The van der Waals surface area contributed by atoms with Gasteiger partial charge in [0.05, 0.1) is 5.56 Å². The van der Waals surface area contributed by atoms with Gasteiger partial charge in [-0.3, -0.25) is 9.59 Å². The number of rotatable bonds is 7. The van der Waals surface area contributed by atoms with Crippen molar-refractivity contribution in [2.24, 2.45) is 5.92 Å². The molecule has 0 aliphatic heterocycles. The van der Waals surface area contributed by atoms with E-state index in [-0.39, 0.29) is 17.7 Å². The summed E-state index contributed by atoms with van der Waals surface area (Å²) in [4.78, 5) is 27.8. The number of nitriles is 1. The predicted molar refractivity (Wildman–Crippen MR) is 137 cm³/mol. The Bertz CT molecular complexity index is 1260. The van der Waals surface area contributed by atoms with Gasteiger partial charge in [0.15, 0.2) is 0 Å². The Labute approximate surface area is 207 Å². The minimum atomic E-state index is -0.499. The summed E-state index contributed by atoms with van der Waals surface area (Å²) in [7, 11) is 0. The molecule has 1 heterocycles. The number of amides is 2. The third-order valence-electron chi connectivity index (χ3n) is 6.16. The van der Waals surface area contributed by atoms with Crippen LogP contribution in [0.4, 0.5) is 10.7 Å². The highest BCUT2D eigenvalue weighted by Gasteiger charge is 2.30. The van der Waals surface area contributed by atoms with Gasteiger partial charge in [0.2, 0.25) is 11.8 Å². The molecular weight excluding hydrogens is 462 g/mol. The van der Waals surface area contributed by atoms with Crippen molar-refractivity contribution in [2.75, 3.05) is 10.6 Å². The molecule has 1 unspecified atom stereocenters. The monoisotopic (exact) mass is 487 g/mol. The molecule has 0 saturated heterocycles. The number of aryl methyl sites for hydroxylation is 1. The number of fused-ring (bicyclic) bond motifs is 1. The highest BCUT2D eigenvalue weighted by atomic mass is 32.2. The molecule has 0 radical (unpaired) electrons. The maximum Gasteiger partial charge on any atom is 0.243 e. The molecule has 7 heteroatoms. The molecule has 1 fully saturated rings. The smallest absolute Gasteiger partial charge is 0.243 e. The summed E-state index contributed by atoms with van der Waals surface area (Å²) in [5.41, 5.74) is 3.36. The van der Waals surface area contributed by atoms with Crippen LogP contribution in [0.2, 0.25) is 0 Å². The molecule has 0 bridgehead atoms. The third kappa shape index (κ3) is 5.03. The van der Waals surface area contributed by atoms with E-state index in [2.05, 4.69) is 16.7 Å². The summed E-state index contributed by atoms with van der Waals surface area (Å²) >= 11 is 2.98. The Morgan fingerprint density at radius 3 is 2.59 bits per heavy atom. The van der Waals surface area contributed by atoms with Crippen LogP contribution in [0.5, 0.6) is 0 Å². The second-order valence-electron chi connectivity index (χ2n) is 8.72. The Hall–Kier alpha value is -3.08. The zero-order chi connectivity index (χ0) is 23.5. The number of thiophene rings is 1. The zero-order valence-electron chi connectivity index (χ0n) is 18.7. The fraction of sp³-hybridized carbons (Fsp3) is 0.296. The highest BCUT2D eigenvalue weighted by Crippen LogP contribution is 2.41. The summed E-state index contributed by atoms with van der Waals surface area (Å²) in [6, 6.07) is 19.6. The van der Waals surface area contributed by atoms with Gasteiger partial charge < -0.3 is 10.6 Å². The SMILES string of the molecule is N#Cc1c(NC(=O)C(Sc2cccc(NC(=O)C3CC3)c2)c2ccccc2)sc2c1CCCC2. The van der Waals surface area contributed by atoms with E-state index in [4.69, 9.17) is 0 Å². The maximum absolute atomic E-state index is 13.6. The average molecular weight is 488 g/mol. The number of carbonyl (C=O) groups excluding carboxylic acids is 2. The number of benzene rings is 2. The predicted octanol–water partition coefficient (Wildman–Crippen LogP) is 6.32. The fourth-order valence-electron chi connectivity index (χ4n) is 4.22. The first-order chi connectivity index (χ1) is 16.6. The van der Waals surface area contributed by atoms with Gasteiger partial charge >= 0.3 is 0 Å². The number of nitrogens with one attached hydrogen (secondary N) is 2. The lowest BCUT2D eigenvalue weighted by Crippen LogP contribution is -2.19. The Morgan fingerprint density at radius 2 is 1.82 bits per heavy atom. The van der Waals surface area contributed by atoms with Gasteiger partial charge in [0.25, 0.3) is 0 Å². The Kier molecular flexibility index (Phi) is 6.70. The van der Waals surface area contributed by atoms with E-state index in [9.17, 15) is 14.9 Å². The molecule has 172 valence electrons. The third-order valence-corrected chi connectivity index (χ3v) is 8.62. The van der Waals surface area contributed by atoms with Crippen LogP contribution >= 0.6 is 23.1 Å². The molecule has 3 aromatic rings. The lowest BCUT2D eigenvalue weighted by atomic mass is 9.96. The van der Waals surface area contributed by atoms with Crippen molar-refractivity contribution in [2.45, 2.75) is 48.7 Å². The second-order valence-corrected chi connectivity index (χ2v) is 11.0. The first kappa shape index (κ1) is 22.7. The van der Waals surface area contributed by atoms with Crippen LogP contribution in [-0.4, -0.2) is 11.8 Å². The number of anilines is 2. The van der Waals surface area contributed by atoms with Crippen molar-refractivity contribution in [1.82, 2.24) is 0 Å². The maximum atomic E-state index is 13.6. The second kappa shape index (κ2) is 10.0. The Morgan fingerprint density at radius 1 is 1.03 bits per heavy atom. The number of thioether (sulfide) groups is 1. The number of carbonyl (C=O) groups is 2. The molecular formula is C27H25N3O2S2. The summed E-state index contributed by atoms with van der Waals surface area (Å²) in [6.07, 6.45) is 5.99. The molecule has 2 aromatic carbocycles. The zero-order valence-corrected chi connectivity index (χ0v) is 20.3. The van der Waals surface area contributed by atoms with Gasteiger partial charge in [-0.1, -0.05) is 36.4 Å². The molecule has 5 rings (SSSR count). The van der Waals surface area contributed by atoms with E-state index >= 15 is 0 Å². The van der Waals surface area contributed by atoms with Gasteiger partial charge in [-0.2, -0.15) is 5.26 Å². The first-order valence-electron chi connectivity index (χ1n) is 11.6. The van der Waals surface area contributed by atoms with Crippen molar-refractivity contribution in [3.63, 3.8) is 0 Å². The first-order valence-corrected chi connectivity index (χ1v) is 13.3. The van der Waals surface area contributed by atoms with Crippen LogP contribution in [0, 0.1) is 17.2 Å². The van der Waals surface area contributed by atoms with E-state index in [1.54, 1.807) is 11.3 Å². The topological polar surface area (TPSA) is 82.0 Å². The molecule has 1 atom stereocenters. The van der Waals surface area contributed by atoms with Crippen LogP contribution in [0.1, 0.15) is 52.5 Å². The van der Waals surface area contributed by atoms with E-state index in [1.165, 1.54) is 16.6 Å². The largest absolute Gasteiger partial charge is 0.326 e. The van der Waals surface area contributed by atoms with Gasteiger partial charge in [-0.05, 0) is 67.9 Å². The van der Waals surface area contributed by atoms with E-state index in [0.29, 0.717) is 10.6 Å². The molecule has 2 aliphatic carbocycles. The van der Waals surface area contributed by atoms with Crippen molar-refractivity contribution < 1.29 is 9.59 Å². The van der Waals surface area contributed by atoms with Gasteiger partial charge in [-0.15, -0.1) is 23.1 Å². The van der Waals surface area contributed by atoms with Gasteiger partial charge in [0.1, 0.15) is 16.3 Å². The van der Waals surface area contributed by atoms with Crippen LogP contribution in [0.3, 0.4) is 0 Å². The minimum absolute atomic E-state index is 0.0604. The van der Waals surface area contributed by atoms with Gasteiger partial charge in [0, 0.05) is 21.4 Å².